The number of hydrogen-bond donors (Lipinski definition) is 1. The maximum Gasteiger partial charge on any atom is 0.199 e. The van der Waals surface area contributed by atoms with E-state index in [-0.39, 0.29) is 5.75 Å². The van der Waals surface area contributed by atoms with E-state index in [1.807, 2.05) is 0 Å². The Labute approximate surface area is 67.1 Å². The van der Waals surface area contributed by atoms with Gasteiger partial charge in [0.1, 0.15) is 5.15 Å². The second-order valence-electron chi connectivity index (χ2n) is 2.05. The fraction of sp³-hybridized carbons (Fsp3) is 0. The zero-order valence-electron chi connectivity index (χ0n) is 5.40. The van der Waals surface area contributed by atoms with Crippen LogP contribution in [0.25, 0.3) is 5.65 Å². The molecule has 2 rings (SSSR count). The van der Waals surface area contributed by atoms with E-state index in [9.17, 15) is 0 Å². The van der Waals surface area contributed by atoms with E-state index in [1.165, 1.54) is 10.7 Å². The number of aromatic nitrogens is 3. The number of fused-ring (bicyclic) bond motifs is 1. The van der Waals surface area contributed by atoms with E-state index < -0.39 is 0 Å². The molecule has 11 heavy (non-hydrogen) atoms. The minimum atomic E-state index is 0.0347. The lowest BCUT2D eigenvalue weighted by Gasteiger charge is -1.91. The van der Waals surface area contributed by atoms with Gasteiger partial charge >= 0.3 is 0 Å². The minimum absolute atomic E-state index is 0.0347. The lowest BCUT2D eigenvalue weighted by molar-refractivity contribution is 0.480. The normalized spacial score (nSPS) is 10.6. The van der Waals surface area contributed by atoms with Crippen molar-refractivity contribution in [3.8, 4) is 5.75 Å². The molecule has 0 aliphatic carbocycles. The molecule has 0 unspecified atom stereocenters. The summed E-state index contributed by atoms with van der Waals surface area (Å²) < 4.78 is 1.45. The largest absolute Gasteiger partial charge is 0.503 e. The molecule has 2 heterocycles. The number of nitrogens with zero attached hydrogens (tertiary/aromatic N) is 3. The van der Waals surface area contributed by atoms with Gasteiger partial charge in [-0.05, 0) is 6.07 Å². The molecule has 1 N–H and O–H groups in total. The Bertz CT molecular complexity index is 398. The first-order valence-electron chi connectivity index (χ1n) is 2.96. The molecule has 0 amide bonds. The summed E-state index contributed by atoms with van der Waals surface area (Å²) in [7, 11) is 0. The van der Waals surface area contributed by atoms with Crippen molar-refractivity contribution < 1.29 is 5.11 Å². The van der Waals surface area contributed by atoms with Gasteiger partial charge < -0.3 is 5.11 Å². The molecule has 0 saturated heterocycles. The van der Waals surface area contributed by atoms with Gasteiger partial charge in [0.15, 0.2) is 11.4 Å². The number of rotatable bonds is 0. The smallest absolute Gasteiger partial charge is 0.199 e. The lowest BCUT2D eigenvalue weighted by Crippen LogP contribution is -1.87. The highest BCUT2D eigenvalue weighted by molar-refractivity contribution is 6.29. The van der Waals surface area contributed by atoms with Crippen molar-refractivity contribution in [1.29, 1.82) is 0 Å². The van der Waals surface area contributed by atoms with Crippen molar-refractivity contribution >= 4 is 17.2 Å². The molecule has 0 bridgehead atoms. The molecule has 0 aromatic carbocycles. The number of hydrogen-bond acceptors (Lipinski definition) is 3. The van der Waals surface area contributed by atoms with Gasteiger partial charge in [0.25, 0.3) is 0 Å². The van der Waals surface area contributed by atoms with Gasteiger partial charge in [0.05, 0.1) is 6.20 Å². The standard InChI is InChI=1S/C6H4ClN3O/c7-5-1-2-10-6(9-5)4(11)3-8-10/h1-3,11H. The molecule has 0 saturated carbocycles. The molecule has 0 aliphatic rings. The third-order valence-electron chi connectivity index (χ3n) is 1.32. The second-order valence-corrected chi connectivity index (χ2v) is 2.44. The van der Waals surface area contributed by atoms with Crippen LogP contribution in [-0.4, -0.2) is 19.7 Å². The Morgan fingerprint density at radius 2 is 2.36 bits per heavy atom. The van der Waals surface area contributed by atoms with E-state index >= 15 is 0 Å². The quantitative estimate of drug-likeness (QED) is 0.601. The van der Waals surface area contributed by atoms with Gasteiger partial charge in [-0.3, -0.25) is 0 Å². The molecule has 0 fully saturated rings. The zero-order chi connectivity index (χ0) is 7.84. The van der Waals surface area contributed by atoms with Crippen LogP contribution in [0.3, 0.4) is 0 Å². The van der Waals surface area contributed by atoms with Crippen LogP contribution in [0.1, 0.15) is 0 Å². The van der Waals surface area contributed by atoms with Gasteiger partial charge in [-0.15, -0.1) is 0 Å². The van der Waals surface area contributed by atoms with E-state index in [2.05, 4.69) is 10.1 Å². The molecular weight excluding hydrogens is 166 g/mol. The number of aromatic hydroxyl groups is 1. The van der Waals surface area contributed by atoms with Crippen molar-refractivity contribution in [3.05, 3.63) is 23.6 Å². The maximum atomic E-state index is 9.13. The van der Waals surface area contributed by atoms with E-state index in [1.54, 1.807) is 12.3 Å². The molecule has 56 valence electrons. The average molecular weight is 170 g/mol. The van der Waals surface area contributed by atoms with Crippen LogP contribution in [-0.2, 0) is 0 Å². The Hall–Kier alpha value is -1.29. The third kappa shape index (κ3) is 0.914. The lowest BCUT2D eigenvalue weighted by atomic mass is 10.6. The highest BCUT2D eigenvalue weighted by atomic mass is 35.5. The second kappa shape index (κ2) is 2.10. The summed E-state index contributed by atoms with van der Waals surface area (Å²) in [5, 5.41) is 13.3. The van der Waals surface area contributed by atoms with Crippen molar-refractivity contribution in [2.75, 3.05) is 0 Å². The van der Waals surface area contributed by atoms with Crippen LogP contribution in [0.2, 0.25) is 5.15 Å². The summed E-state index contributed by atoms with van der Waals surface area (Å²) in [5.41, 5.74) is 0.373. The van der Waals surface area contributed by atoms with E-state index in [4.69, 9.17) is 16.7 Å². The molecule has 0 radical (unpaired) electrons. The van der Waals surface area contributed by atoms with E-state index in [0.717, 1.165) is 0 Å². The average Bonchev–Trinajstić information content (AvgIpc) is 2.33. The van der Waals surface area contributed by atoms with Crippen molar-refractivity contribution in [2.24, 2.45) is 0 Å². The highest BCUT2D eigenvalue weighted by Crippen LogP contribution is 2.16. The van der Waals surface area contributed by atoms with E-state index in [0.29, 0.717) is 10.8 Å². The van der Waals surface area contributed by atoms with Crippen LogP contribution >= 0.6 is 11.6 Å². The SMILES string of the molecule is Oc1cnn2ccc(Cl)nc12. The summed E-state index contributed by atoms with van der Waals surface area (Å²) in [5.74, 6) is 0.0347. The first-order chi connectivity index (χ1) is 5.27. The predicted molar refractivity (Wildman–Crippen MR) is 39.7 cm³/mol. The van der Waals surface area contributed by atoms with Gasteiger partial charge in [-0.2, -0.15) is 5.10 Å². The van der Waals surface area contributed by atoms with Crippen molar-refractivity contribution in [3.63, 3.8) is 0 Å². The molecule has 0 aliphatic heterocycles. The molecule has 5 heteroatoms. The monoisotopic (exact) mass is 169 g/mol. The summed E-state index contributed by atoms with van der Waals surface area (Å²) in [6.45, 7) is 0. The molecule has 0 atom stereocenters. The number of halogens is 1. The van der Waals surface area contributed by atoms with Gasteiger partial charge in [0.2, 0.25) is 0 Å². The fourth-order valence-electron chi connectivity index (χ4n) is 0.835. The minimum Gasteiger partial charge on any atom is -0.503 e. The van der Waals surface area contributed by atoms with Gasteiger partial charge in [-0.1, -0.05) is 11.6 Å². The molecular formula is C6H4ClN3O. The van der Waals surface area contributed by atoms with Crippen LogP contribution in [0.15, 0.2) is 18.5 Å². The fourth-order valence-corrected chi connectivity index (χ4v) is 0.971. The predicted octanol–water partition coefficient (Wildman–Crippen LogP) is 1.09. The van der Waals surface area contributed by atoms with Crippen LogP contribution in [0.5, 0.6) is 5.75 Å². The van der Waals surface area contributed by atoms with Crippen molar-refractivity contribution in [1.82, 2.24) is 14.6 Å². The summed E-state index contributed by atoms with van der Waals surface area (Å²) >= 11 is 5.58. The molecule has 2 aromatic heterocycles. The Kier molecular flexibility index (Phi) is 1.22. The Morgan fingerprint density at radius 1 is 1.55 bits per heavy atom. The molecule has 2 aromatic rings. The van der Waals surface area contributed by atoms with Gasteiger partial charge in [-0.25, -0.2) is 9.50 Å². The molecule has 0 spiro atoms. The van der Waals surface area contributed by atoms with Gasteiger partial charge in [0, 0.05) is 6.20 Å². The first kappa shape index (κ1) is 6.42. The topological polar surface area (TPSA) is 50.4 Å². The van der Waals surface area contributed by atoms with Crippen LogP contribution in [0, 0.1) is 0 Å². The highest BCUT2D eigenvalue weighted by Gasteiger charge is 2.02. The Balaban J connectivity index is 2.87. The summed E-state index contributed by atoms with van der Waals surface area (Å²) in [6.07, 6.45) is 2.95. The zero-order valence-corrected chi connectivity index (χ0v) is 6.15. The molecule has 4 nitrogen and oxygen atoms in total. The van der Waals surface area contributed by atoms with Crippen LogP contribution in [0.4, 0.5) is 0 Å². The first-order valence-corrected chi connectivity index (χ1v) is 3.34. The van der Waals surface area contributed by atoms with Crippen LogP contribution < -0.4 is 0 Å². The maximum absolute atomic E-state index is 9.13. The third-order valence-corrected chi connectivity index (χ3v) is 1.53. The summed E-state index contributed by atoms with van der Waals surface area (Å²) in [4.78, 5) is 3.85. The summed E-state index contributed by atoms with van der Waals surface area (Å²) in [6, 6.07) is 1.60. The Morgan fingerprint density at radius 3 is 3.18 bits per heavy atom. The van der Waals surface area contributed by atoms with Crippen molar-refractivity contribution in [2.45, 2.75) is 0 Å².